The van der Waals surface area contributed by atoms with Gasteiger partial charge in [-0.25, -0.2) is 0 Å². The van der Waals surface area contributed by atoms with E-state index in [1.54, 1.807) is 0 Å². The zero-order valence-electron chi connectivity index (χ0n) is 13.5. The summed E-state index contributed by atoms with van der Waals surface area (Å²) in [4.78, 5) is 2.39. The van der Waals surface area contributed by atoms with E-state index in [0.717, 1.165) is 61.6 Å². The summed E-state index contributed by atoms with van der Waals surface area (Å²) in [5.41, 5.74) is 3.86. The molecular weight excluding hydrogens is 266 g/mol. The smallest absolute Gasteiger partial charge is 0.161 e. The highest BCUT2D eigenvalue weighted by Crippen LogP contribution is 2.44. The van der Waals surface area contributed by atoms with Crippen molar-refractivity contribution < 1.29 is 14.6 Å². The maximum Gasteiger partial charge on any atom is 0.161 e. The summed E-state index contributed by atoms with van der Waals surface area (Å²) < 4.78 is 11.9. The van der Waals surface area contributed by atoms with E-state index < -0.39 is 0 Å². The first-order chi connectivity index (χ1) is 9.94. The molecule has 116 valence electrons. The molecule has 0 bridgehead atoms. The van der Waals surface area contributed by atoms with Gasteiger partial charge in [-0.15, -0.1) is 0 Å². The van der Waals surface area contributed by atoms with Gasteiger partial charge in [-0.2, -0.15) is 0 Å². The molecule has 3 rings (SSSR count). The Bertz CT molecular complexity index is 564. The van der Waals surface area contributed by atoms with Crippen LogP contribution < -0.4 is 4.74 Å². The molecular formula is C17H25NO3. The second kappa shape index (κ2) is 5.18. The molecule has 1 atom stereocenters. The summed E-state index contributed by atoms with van der Waals surface area (Å²) in [6.45, 7) is 11.6. The molecule has 1 saturated heterocycles. The van der Waals surface area contributed by atoms with Crippen molar-refractivity contribution in [2.45, 2.75) is 46.3 Å². The number of hydrogen-bond donors (Lipinski definition) is 1. The van der Waals surface area contributed by atoms with Crippen LogP contribution in [0.2, 0.25) is 0 Å². The highest BCUT2D eigenvalue weighted by atomic mass is 16.5. The second-order valence-corrected chi connectivity index (χ2v) is 6.41. The normalized spacial score (nSPS) is 26.3. The highest BCUT2D eigenvalue weighted by molar-refractivity contribution is 5.58. The van der Waals surface area contributed by atoms with Gasteiger partial charge in [0.2, 0.25) is 0 Å². The van der Waals surface area contributed by atoms with Gasteiger partial charge in [-0.1, -0.05) is 0 Å². The Kier molecular flexibility index (Phi) is 3.62. The van der Waals surface area contributed by atoms with Gasteiger partial charge in [-0.3, -0.25) is 4.90 Å². The van der Waals surface area contributed by atoms with Crippen LogP contribution in [0.4, 0.5) is 0 Å². The first-order valence-corrected chi connectivity index (χ1v) is 7.77. The molecule has 2 heterocycles. The van der Waals surface area contributed by atoms with Gasteiger partial charge in [0.25, 0.3) is 0 Å². The molecule has 2 aliphatic heterocycles. The minimum Gasteiger partial charge on any atom is -0.507 e. The Morgan fingerprint density at radius 3 is 2.38 bits per heavy atom. The number of nitrogens with zero attached hydrogens (tertiary/aromatic N) is 1. The molecule has 2 aliphatic rings. The van der Waals surface area contributed by atoms with Gasteiger partial charge < -0.3 is 14.6 Å². The predicted octanol–water partition coefficient (Wildman–Crippen LogP) is 2.69. The first kappa shape index (κ1) is 14.7. The molecule has 0 amide bonds. The Balaban J connectivity index is 1.98. The van der Waals surface area contributed by atoms with Crippen LogP contribution >= 0.6 is 0 Å². The summed E-state index contributed by atoms with van der Waals surface area (Å²) in [6.07, 6.45) is 1.90. The molecule has 4 heteroatoms. The number of ether oxygens (including phenoxy) is 2. The fraction of sp³-hybridized carbons (Fsp3) is 0.647. The van der Waals surface area contributed by atoms with Crippen LogP contribution in [0, 0.1) is 20.8 Å². The van der Waals surface area contributed by atoms with Gasteiger partial charge in [0.1, 0.15) is 11.5 Å². The Morgan fingerprint density at radius 2 is 1.71 bits per heavy atom. The molecule has 1 aromatic rings. The standard InChI is InChI=1S/C17H25NO3/c1-11-12(2)16-14(13(3)15(11)19)5-6-17(4,21-16)18-7-9-20-10-8-18/h19H,5-10H2,1-4H3. The molecule has 1 N–H and O–H groups in total. The number of phenolic OH excluding ortho intramolecular Hbond substituents is 1. The zero-order chi connectivity index (χ0) is 15.2. The SMILES string of the molecule is Cc1c(C)c2c(c(C)c1O)CCC(C)(N1CCOCC1)O2. The Labute approximate surface area is 126 Å². The Morgan fingerprint density at radius 1 is 1.05 bits per heavy atom. The molecule has 0 aliphatic carbocycles. The summed E-state index contributed by atoms with van der Waals surface area (Å²) in [5, 5.41) is 10.2. The van der Waals surface area contributed by atoms with Crippen molar-refractivity contribution in [1.82, 2.24) is 4.90 Å². The van der Waals surface area contributed by atoms with Crippen LogP contribution in [0.15, 0.2) is 0 Å². The minimum absolute atomic E-state index is 0.266. The lowest BCUT2D eigenvalue weighted by atomic mass is 9.89. The van der Waals surface area contributed by atoms with E-state index in [1.807, 2.05) is 20.8 Å². The second-order valence-electron chi connectivity index (χ2n) is 6.41. The van der Waals surface area contributed by atoms with Crippen molar-refractivity contribution in [3.8, 4) is 11.5 Å². The largest absolute Gasteiger partial charge is 0.507 e. The quantitative estimate of drug-likeness (QED) is 0.864. The van der Waals surface area contributed by atoms with E-state index >= 15 is 0 Å². The lowest BCUT2D eigenvalue weighted by molar-refractivity contribution is -0.122. The van der Waals surface area contributed by atoms with Crippen molar-refractivity contribution in [1.29, 1.82) is 0 Å². The molecule has 0 spiro atoms. The van der Waals surface area contributed by atoms with Crippen LogP contribution in [-0.2, 0) is 11.2 Å². The summed E-state index contributed by atoms with van der Waals surface area (Å²) >= 11 is 0. The molecule has 0 saturated carbocycles. The van der Waals surface area contributed by atoms with E-state index in [9.17, 15) is 5.11 Å². The average molecular weight is 291 g/mol. The number of rotatable bonds is 1. The first-order valence-electron chi connectivity index (χ1n) is 7.77. The van der Waals surface area contributed by atoms with Gasteiger partial charge in [0, 0.05) is 25.1 Å². The fourth-order valence-corrected chi connectivity index (χ4v) is 3.49. The van der Waals surface area contributed by atoms with Crippen LogP contribution in [0.1, 0.15) is 35.6 Å². The lowest BCUT2D eigenvalue weighted by Gasteiger charge is -2.46. The van der Waals surface area contributed by atoms with Gasteiger partial charge >= 0.3 is 0 Å². The number of fused-ring (bicyclic) bond motifs is 1. The molecule has 1 unspecified atom stereocenters. The van der Waals surface area contributed by atoms with E-state index in [2.05, 4.69) is 11.8 Å². The van der Waals surface area contributed by atoms with E-state index in [1.165, 1.54) is 5.56 Å². The van der Waals surface area contributed by atoms with Crippen molar-refractivity contribution in [2.24, 2.45) is 0 Å². The number of morpholine rings is 1. The monoisotopic (exact) mass is 291 g/mol. The number of hydrogen-bond acceptors (Lipinski definition) is 4. The third kappa shape index (κ3) is 2.30. The fourth-order valence-electron chi connectivity index (χ4n) is 3.49. The van der Waals surface area contributed by atoms with Crippen molar-refractivity contribution in [3.63, 3.8) is 0 Å². The maximum absolute atomic E-state index is 10.2. The van der Waals surface area contributed by atoms with E-state index in [-0.39, 0.29) is 5.72 Å². The molecule has 1 fully saturated rings. The summed E-state index contributed by atoms with van der Waals surface area (Å²) in [5.74, 6) is 1.40. The van der Waals surface area contributed by atoms with E-state index in [0.29, 0.717) is 5.75 Å². The van der Waals surface area contributed by atoms with Crippen LogP contribution in [-0.4, -0.2) is 42.0 Å². The third-order valence-electron chi connectivity index (χ3n) is 5.18. The molecule has 1 aromatic carbocycles. The predicted molar refractivity (Wildman–Crippen MR) is 82.1 cm³/mol. The number of benzene rings is 1. The molecule has 4 nitrogen and oxygen atoms in total. The summed E-state index contributed by atoms with van der Waals surface area (Å²) in [6, 6.07) is 0. The van der Waals surface area contributed by atoms with Crippen LogP contribution in [0.3, 0.4) is 0 Å². The molecule has 0 radical (unpaired) electrons. The molecule has 21 heavy (non-hydrogen) atoms. The van der Waals surface area contributed by atoms with Gasteiger partial charge in [0.05, 0.1) is 13.2 Å². The number of aromatic hydroxyl groups is 1. The van der Waals surface area contributed by atoms with Crippen molar-refractivity contribution >= 4 is 0 Å². The van der Waals surface area contributed by atoms with E-state index in [4.69, 9.17) is 9.47 Å². The number of phenols is 1. The highest BCUT2D eigenvalue weighted by Gasteiger charge is 2.39. The van der Waals surface area contributed by atoms with Crippen molar-refractivity contribution in [3.05, 3.63) is 22.3 Å². The van der Waals surface area contributed by atoms with Crippen LogP contribution in [0.5, 0.6) is 11.5 Å². The average Bonchev–Trinajstić information content (AvgIpc) is 2.51. The molecule has 0 aromatic heterocycles. The Hall–Kier alpha value is -1.26. The van der Waals surface area contributed by atoms with Crippen molar-refractivity contribution in [2.75, 3.05) is 26.3 Å². The van der Waals surface area contributed by atoms with Gasteiger partial charge in [-0.05, 0) is 50.8 Å². The van der Waals surface area contributed by atoms with Gasteiger partial charge in [0.15, 0.2) is 5.72 Å². The summed E-state index contributed by atoms with van der Waals surface area (Å²) in [7, 11) is 0. The third-order valence-corrected chi connectivity index (χ3v) is 5.18. The minimum atomic E-state index is -0.266. The zero-order valence-corrected chi connectivity index (χ0v) is 13.5. The van der Waals surface area contributed by atoms with Crippen LogP contribution in [0.25, 0.3) is 0 Å². The topological polar surface area (TPSA) is 41.9 Å². The maximum atomic E-state index is 10.2. The lowest BCUT2D eigenvalue weighted by Crippen LogP contribution is -2.56.